The van der Waals surface area contributed by atoms with Gasteiger partial charge in [-0.15, -0.1) is 0 Å². The Balaban J connectivity index is 2.82. The highest BCUT2D eigenvalue weighted by Crippen LogP contribution is 2.28. The molecular weight excluding hydrogens is 300 g/mol. The molecule has 0 aliphatic carbocycles. The molecule has 1 heterocycles. The monoisotopic (exact) mass is 310 g/mol. The number of rotatable bonds is 2. The molecular formula is C13H11BrO4. The normalized spacial score (nSPS) is 11.1. The predicted molar refractivity (Wildman–Crippen MR) is 71.2 cm³/mol. The highest BCUT2D eigenvalue weighted by molar-refractivity contribution is 9.10. The zero-order valence-electron chi connectivity index (χ0n) is 9.86. The van der Waals surface area contributed by atoms with Crippen molar-refractivity contribution in [2.75, 3.05) is 0 Å². The smallest absolute Gasteiger partial charge is 0.351 e. The second-order valence-electron chi connectivity index (χ2n) is 4.33. The van der Waals surface area contributed by atoms with Crippen LogP contribution in [0.3, 0.4) is 0 Å². The fourth-order valence-corrected chi connectivity index (χ4v) is 2.27. The number of fused-ring (bicyclic) bond motifs is 1. The number of carboxylic acids is 1. The number of halogens is 1. The number of aromatic carboxylic acids is 1. The van der Waals surface area contributed by atoms with Crippen LogP contribution in [-0.4, -0.2) is 11.1 Å². The van der Waals surface area contributed by atoms with Crippen LogP contribution in [0.4, 0.5) is 0 Å². The maximum Gasteiger partial charge on any atom is 0.351 e. The van der Waals surface area contributed by atoms with Crippen LogP contribution >= 0.6 is 15.9 Å². The third-order valence-corrected chi connectivity index (χ3v) is 3.30. The minimum absolute atomic E-state index is 0.297. The first-order valence-corrected chi connectivity index (χ1v) is 6.20. The molecule has 18 heavy (non-hydrogen) atoms. The summed E-state index contributed by atoms with van der Waals surface area (Å²) in [5, 5.41) is 9.50. The lowest BCUT2D eigenvalue weighted by molar-refractivity contribution is 0.0692. The number of hydrogen-bond donors (Lipinski definition) is 1. The molecule has 0 radical (unpaired) electrons. The van der Waals surface area contributed by atoms with E-state index in [0.717, 1.165) is 5.56 Å². The van der Waals surface area contributed by atoms with Crippen molar-refractivity contribution in [2.45, 2.75) is 19.8 Å². The van der Waals surface area contributed by atoms with E-state index in [1.54, 1.807) is 0 Å². The van der Waals surface area contributed by atoms with E-state index in [1.165, 1.54) is 6.07 Å². The molecule has 0 aliphatic heterocycles. The lowest BCUT2D eigenvalue weighted by Gasteiger charge is -2.08. The summed E-state index contributed by atoms with van der Waals surface area (Å²) in [7, 11) is 0. The van der Waals surface area contributed by atoms with Crippen molar-refractivity contribution in [3.8, 4) is 0 Å². The largest absolute Gasteiger partial charge is 0.477 e. The van der Waals surface area contributed by atoms with Crippen molar-refractivity contribution in [3.63, 3.8) is 0 Å². The molecule has 0 bridgehead atoms. The van der Waals surface area contributed by atoms with Gasteiger partial charge in [-0.3, -0.25) is 0 Å². The van der Waals surface area contributed by atoms with Crippen LogP contribution in [0.5, 0.6) is 0 Å². The Labute approximate surface area is 111 Å². The molecule has 2 rings (SSSR count). The summed E-state index contributed by atoms with van der Waals surface area (Å²) < 4.78 is 5.69. The molecule has 0 unspecified atom stereocenters. The second kappa shape index (κ2) is 4.57. The third kappa shape index (κ3) is 2.18. The summed E-state index contributed by atoms with van der Waals surface area (Å²) in [4.78, 5) is 22.4. The van der Waals surface area contributed by atoms with Crippen molar-refractivity contribution in [3.05, 3.63) is 44.2 Å². The Bertz CT molecular complexity index is 685. The van der Waals surface area contributed by atoms with Gasteiger partial charge in [0.2, 0.25) is 0 Å². The van der Waals surface area contributed by atoms with Gasteiger partial charge >= 0.3 is 11.6 Å². The number of hydrogen-bond acceptors (Lipinski definition) is 3. The second-order valence-corrected chi connectivity index (χ2v) is 5.18. The average molecular weight is 311 g/mol. The molecule has 0 atom stereocenters. The highest BCUT2D eigenvalue weighted by Gasteiger charge is 2.14. The van der Waals surface area contributed by atoms with Crippen LogP contribution in [0, 0.1) is 0 Å². The first-order chi connectivity index (χ1) is 8.40. The SMILES string of the molecule is CC(C)c1cc(Br)c2oc(=O)c(C(=O)O)cc2c1. The highest BCUT2D eigenvalue weighted by atomic mass is 79.9. The van der Waals surface area contributed by atoms with Crippen molar-refractivity contribution < 1.29 is 14.3 Å². The lowest BCUT2D eigenvalue weighted by Crippen LogP contribution is -2.13. The van der Waals surface area contributed by atoms with Crippen LogP contribution in [-0.2, 0) is 0 Å². The molecule has 2 aromatic rings. The van der Waals surface area contributed by atoms with Crippen LogP contribution in [0.1, 0.15) is 35.7 Å². The number of benzene rings is 1. The summed E-state index contributed by atoms with van der Waals surface area (Å²) in [6.45, 7) is 4.07. The average Bonchev–Trinajstić information content (AvgIpc) is 2.28. The van der Waals surface area contributed by atoms with E-state index in [1.807, 2.05) is 26.0 Å². The minimum atomic E-state index is -1.28. The molecule has 1 aromatic carbocycles. The first kappa shape index (κ1) is 12.8. The van der Waals surface area contributed by atoms with Gasteiger partial charge in [0.25, 0.3) is 0 Å². The maximum absolute atomic E-state index is 11.5. The summed E-state index contributed by atoms with van der Waals surface area (Å²) in [5.41, 5.74) is 0.220. The first-order valence-electron chi connectivity index (χ1n) is 5.40. The zero-order chi connectivity index (χ0) is 13.4. The van der Waals surface area contributed by atoms with Gasteiger partial charge < -0.3 is 9.52 Å². The third-order valence-electron chi connectivity index (χ3n) is 2.71. The molecule has 1 aromatic heterocycles. The Morgan fingerprint density at radius 3 is 2.56 bits per heavy atom. The van der Waals surface area contributed by atoms with Crippen molar-refractivity contribution >= 4 is 32.9 Å². The standard InChI is InChI=1S/C13H11BrO4/c1-6(2)7-3-8-4-9(12(15)16)13(17)18-11(8)10(14)5-7/h3-6H,1-2H3,(H,15,16). The van der Waals surface area contributed by atoms with Crippen molar-refractivity contribution in [1.82, 2.24) is 0 Å². The molecule has 0 fully saturated rings. The van der Waals surface area contributed by atoms with Crippen LogP contribution in [0.2, 0.25) is 0 Å². The molecule has 4 nitrogen and oxygen atoms in total. The van der Waals surface area contributed by atoms with Crippen LogP contribution in [0.15, 0.2) is 31.9 Å². The minimum Gasteiger partial charge on any atom is -0.477 e. The van der Waals surface area contributed by atoms with Gasteiger partial charge in [-0.2, -0.15) is 0 Å². The van der Waals surface area contributed by atoms with Gasteiger partial charge in [0.05, 0.1) is 4.47 Å². The Morgan fingerprint density at radius 1 is 1.33 bits per heavy atom. The van der Waals surface area contributed by atoms with E-state index >= 15 is 0 Å². The Kier molecular flexibility index (Phi) is 3.26. The molecule has 0 saturated heterocycles. The van der Waals surface area contributed by atoms with Gasteiger partial charge in [0.15, 0.2) is 5.58 Å². The predicted octanol–water partition coefficient (Wildman–Crippen LogP) is 3.38. The Hall–Kier alpha value is -1.62. The van der Waals surface area contributed by atoms with E-state index in [-0.39, 0.29) is 5.56 Å². The number of carbonyl (C=O) groups is 1. The van der Waals surface area contributed by atoms with Gasteiger partial charge in [-0.05, 0) is 45.6 Å². The van der Waals surface area contributed by atoms with E-state index in [4.69, 9.17) is 9.52 Å². The summed E-state index contributed by atoms with van der Waals surface area (Å²) in [6, 6.07) is 5.05. The maximum atomic E-state index is 11.5. The molecule has 0 spiro atoms. The Morgan fingerprint density at radius 2 is 2.00 bits per heavy atom. The van der Waals surface area contributed by atoms with Gasteiger partial charge in [0.1, 0.15) is 5.56 Å². The molecule has 0 aliphatic rings. The fraction of sp³-hybridized carbons (Fsp3) is 0.231. The van der Waals surface area contributed by atoms with Crippen LogP contribution in [0.25, 0.3) is 11.0 Å². The van der Waals surface area contributed by atoms with Gasteiger partial charge in [0, 0.05) is 5.39 Å². The molecule has 5 heteroatoms. The molecule has 0 saturated carbocycles. The van der Waals surface area contributed by atoms with E-state index < -0.39 is 11.6 Å². The van der Waals surface area contributed by atoms with E-state index in [0.29, 0.717) is 21.4 Å². The summed E-state index contributed by atoms with van der Waals surface area (Å²) in [5.74, 6) is -0.984. The lowest BCUT2D eigenvalue weighted by atomic mass is 10.0. The van der Waals surface area contributed by atoms with Gasteiger partial charge in [-0.1, -0.05) is 13.8 Å². The topological polar surface area (TPSA) is 67.5 Å². The van der Waals surface area contributed by atoms with E-state index in [9.17, 15) is 9.59 Å². The fourth-order valence-electron chi connectivity index (χ4n) is 1.70. The molecule has 0 amide bonds. The molecule has 1 N–H and O–H groups in total. The summed E-state index contributed by atoms with van der Waals surface area (Å²) in [6.07, 6.45) is 0. The van der Waals surface area contributed by atoms with Crippen molar-refractivity contribution in [1.29, 1.82) is 0 Å². The van der Waals surface area contributed by atoms with Crippen LogP contribution < -0.4 is 5.63 Å². The zero-order valence-corrected chi connectivity index (χ0v) is 11.4. The van der Waals surface area contributed by atoms with E-state index in [2.05, 4.69) is 15.9 Å². The quantitative estimate of drug-likeness (QED) is 0.863. The van der Waals surface area contributed by atoms with Gasteiger partial charge in [-0.25, -0.2) is 9.59 Å². The van der Waals surface area contributed by atoms with Crippen molar-refractivity contribution in [2.24, 2.45) is 0 Å². The number of carboxylic acid groups (broad SMARTS) is 1. The summed E-state index contributed by atoms with van der Waals surface area (Å²) >= 11 is 3.33. The molecule has 94 valence electrons.